The zero-order valence-corrected chi connectivity index (χ0v) is 23.8. The van der Waals surface area contributed by atoms with Crippen LogP contribution < -0.4 is 15.2 Å². The summed E-state index contributed by atoms with van der Waals surface area (Å²) in [4.78, 5) is 49.2. The average molecular weight is 538 g/mol. The zero-order valence-electron chi connectivity index (χ0n) is 23.8. The van der Waals surface area contributed by atoms with Crippen molar-refractivity contribution in [3.05, 3.63) is 23.8 Å². The number of ether oxygens (including phenoxy) is 4. The van der Waals surface area contributed by atoms with Gasteiger partial charge in [-0.1, -0.05) is 40.7 Å². The molecular formula is C28H43NO9. The van der Waals surface area contributed by atoms with Crippen molar-refractivity contribution in [1.29, 1.82) is 0 Å². The maximum Gasteiger partial charge on any atom is 0.509 e. The van der Waals surface area contributed by atoms with Gasteiger partial charge in [-0.3, -0.25) is 14.4 Å². The van der Waals surface area contributed by atoms with Crippen molar-refractivity contribution >= 4 is 24.1 Å². The first-order valence-corrected chi connectivity index (χ1v) is 13.1. The maximum atomic E-state index is 12.5. The summed E-state index contributed by atoms with van der Waals surface area (Å²) in [6, 6.07) is 4.43. The van der Waals surface area contributed by atoms with E-state index in [9.17, 15) is 24.3 Å². The number of hydrogen-bond acceptors (Lipinski definition) is 9. The summed E-state index contributed by atoms with van der Waals surface area (Å²) in [7, 11) is 0. The molecule has 1 aromatic rings. The summed E-state index contributed by atoms with van der Waals surface area (Å²) in [5, 5.41) is 9.93. The second-order valence-corrected chi connectivity index (χ2v) is 10.5. The second kappa shape index (κ2) is 14.1. The summed E-state index contributed by atoms with van der Waals surface area (Å²) >= 11 is 0. The van der Waals surface area contributed by atoms with Gasteiger partial charge in [0.1, 0.15) is 17.2 Å². The lowest BCUT2D eigenvalue weighted by Crippen LogP contribution is -2.52. The fourth-order valence-corrected chi connectivity index (χ4v) is 3.22. The molecule has 1 rings (SSSR count). The highest BCUT2D eigenvalue weighted by molar-refractivity contribution is 5.80. The fourth-order valence-electron chi connectivity index (χ4n) is 3.22. The van der Waals surface area contributed by atoms with Gasteiger partial charge in [-0.15, -0.1) is 0 Å². The lowest BCUT2D eigenvalue weighted by atomic mass is 9.86. The highest BCUT2D eigenvalue weighted by atomic mass is 16.7. The van der Waals surface area contributed by atoms with Gasteiger partial charge in [0.05, 0.1) is 11.8 Å². The quantitative estimate of drug-likeness (QED) is 0.244. The number of esters is 2. The summed E-state index contributed by atoms with van der Waals surface area (Å²) in [5.74, 6) is -3.03. The Labute approximate surface area is 225 Å². The van der Waals surface area contributed by atoms with E-state index < -0.39 is 47.2 Å². The molecule has 0 aliphatic rings. The molecule has 0 aliphatic carbocycles. The van der Waals surface area contributed by atoms with E-state index in [0.717, 1.165) is 0 Å². The van der Waals surface area contributed by atoms with Gasteiger partial charge in [-0.25, -0.2) is 4.79 Å². The van der Waals surface area contributed by atoms with Crippen LogP contribution in [0.15, 0.2) is 18.2 Å². The molecule has 0 aromatic heterocycles. The average Bonchev–Trinajstić information content (AvgIpc) is 2.83. The molecule has 0 saturated carbocycles. The number of rotatable bonds is 14. The van der Waals surface area contributed by atoms with Crippen LogP contribution in [0.2, 0.25) is 0 Å². The van der Waals surface area contributed by atoms with Crippen LogP contribution in [-0.2, 0) is 30.3 Å². The maximum absolute atomic E-state index is 12.5. The standard InChI is InChI=1S/C28H43NO9/c1-9-17(4)23(30)36-21-13-12-20(14-22(21)37-24(31)18(5)10-2)16-28(29,25(32)33)15-19(6)35-26(34)38-27(7,8)11-3/h12-14,17-19H,9-11,15-16,29H2,1-8H3,(H,32,33)/t17?,18?,19-,28?/m0/s1. The highest BCUT2D eigenvalue weighted by Gasteiger charge is 2.38. The minimum Gasteiger partial charge on any atom is -0.480 e. The Morgan fingerprint density at radius 2 is 1.45 bits per heavy atom. The number of carbonyl (C=O) groups excluding carboxylic acids is 3. The molecule has 4 atom stereocenters. The number of aliphatic carboxylic acids is 1. The van der Waals surface area contributed by atoms with E-state index >= 15 is 0 Å². The van der Waals surface area contributed by atoms with Crippen molar-refractivity contribution in [3.63, 3.8) is 0 Å². The molecule has 1 aromatic carbocycles. The van der Waals surface area contributed by atoms with Crippen LogP contribution in [0.5, 0.6) is 11.5 Å². The second-order valence-electron chi connectivity index (χ2n) is 10.5. The normalized spacial score (nSPS) is 15.4. The van der Waals surface area contributed by atoms with Gasteiger partial charge < -0.3 is 29.8 Å². The van der Waals surface area contributed by atoms with Gasteiger partial charge in [0, 0.05) is 12.8 Å². The Morgan fingerprint density at radius 3 is 1.92 bits per heavy atom. The molecule has 38 heavy (non-hydrogen) atoms. The summed E-state index contributed by atoms with van der Waals surface area (Å²) in [5.41, 5.74) is 4.14. The van der Waals surface area contributed by atoms with E-state index in [0.29, 0.717) is 24.8 Å². The van der Waals surface area contributed by atoms with Crippen molar-refractivity contribution in [3.8, 4) is 11.5 Å². The first kappa shape index (κ1) is 32.9. The molecule has 3 unspecified atom stereocenters. The predicted molar refractivity (Wildman–Crippen MR) is 141 cm³/mol. The van der Waals surface area contributed by atoms with Crippen molar-refractivity contribution in [2.24, 2.45) is 17.6 Å². The van der Waals surface area contributed by atoms with Crippen LogP contribution in [0.4, 0.5) is 4.79 Å². The minimum atomic E-state index is -1.83. The van der Waals surface area contributed by atoms with E-state index in [4.69, 9.17) is 24.7 Å². The van der Waals surface area contributed by atoms with E-state index in [2.05, 4.69) is 0 Å². The molecule has 0 bridgehead atoms. The van der Waals surface area contributed by atoms with Gasteiger partial charge in [0.2, 0.25) is 0 Å². The molecule has 0 saturated heterocycles. The number of benzene rings is 1. The third-order valence-corrected chi connectivity index (χ3v) is 6.56. The Bertz CT molecular complexity index is 991. The Morgan fingerprint density at radius 1 is 0.921 bits per heavy atom. The van der Waals surface area contributed by atoms with Gasteiger partial charge >= 0.3 is 24.1 Å². The largest absolute Gasteiger partial charge is 0.509 e. The van der Waals surface area contributed by atoms with E-state index in [-0.39, 0.29) is 30.3 Å². The molecule has 0 heterocycles. The van der Waals surface area contributed by atoms with Crippen LogP contribution >= 0.6 is 0 Å². The van der Waals surface area contributed by atoms with E-state index in [1.165, 1.54) is 19.1 Å². The number of hydrogen-bond donors (Lipinski definition) is 2. The van der Waals surface area contributed by atoms with Crippen molar-refractivity contribution in [1.82, 2.24) is 0 Å². The van der Waals surface area contributed by atoms with Gasteiger partial charge in [-0.2, -0.15) is 0 Å². The van der Waals surface area contributed by atoms with Crippen LogP contribution in [0, 0.1) is 11.8 Å². The van der Waals surface area contributed by atoms with Gasteiger partial charge in [-0.05, 0) is 57.7 Å². The molecule has 0 spiro atoms. The first-order chi connectivity index (χ1) is 17.6. The van der Waals surface area contributed by atoms with Crippen LogP contribution in [0.1, 0.15) is 86.6 Å². The molecule has 214 valence electrons. The number of nitrogens with two attached hydrogens (primary N) is 1. The topological polar surface area (TPSA) is 151 Å². The summed E-state index contributed by atoms with van der Waals surface area (Å²) in [6.07, 6.45) is -0.494. The molecular weight excluding hydrogens is 494 g/mol. The van der Waals surface area contributed by atoms with Crippen LogP contribution in [0.3, 0.4) is 0 Å². The lowest BCUT2D eigenvalue weighted by Gasteiger charge is -2.29. The smallest absolute Gasteiger partial charge is 0.480 e. The van der Waals surface area contributed by atoms with Crippen molar-refractivity contribution in [2.45, 2.75) is 105 Å². The SMILES string of the molecule is CCC(C)C(=O)Oc1ccc(CC(N)(C[C@H](C)OC(=O)OC(C)(C)CC)C(=O)O)cc1OC(=O)C(C)CC. The Hall–Kier alpha value is -3.14. The third kappa shape index (κ3) is 9.96. The Kier molecular flexibility index (Phi) is 12.2. The minimum absolute atomic E-state index is 0.00753. The van der Waals surface area contributed by atoms with Crippen LogP contribution in [0.25, 0.3) is 0 Å². The molecule has 0 radical (unpaired) electrons. The van der Waals surface area contributed by atoms with Crippen molar-refractivity contribution < 1.29 is 43.2 Å². The number of carboxylic acid groups (broad SMARTS) is 1. The molecule has 0 fully saturated rings. The zero-order chi connectivity index (χ0) is 29.3. The molecule has 10 nitrogen and oxygen atoms in total. The van der Waals surface area contributed by atoms with Crippen LogP contribution in [-0.4, -0.2) is 46.4 Å². The summed E-state index contributed by atoms with van der Waals surface area (Å²) < 4.78 is 21.5. The number of carboxylic acids is 1. The first-order valence-electron chi connectivity index (χ1n) is 13.1. The fraction of sp³-hybridized carbons (Fsp3) is 0.643. The number of carbonyl (C=O) groups is 4. The summed E-state index contributed by atoms with van der Waals surface area (Å²) in [6.45, 7) is 14.0. The molecule has 0 aliphatic heterocycles. The van der Waals surface area contributed by atoms with Crippen molar-refractivity contribution in [2.75, 3.05) is 0 Å². The molecule has 3 N–H and O–H groups in total. The van der Waals surface area contributed by atoms with Gasteiger partial charge in [0.25, 0.3) is 0 Å². The van der Waals surface area contributed by atoms with E-state index in [1.54, 1.807) is 33.8 Å². The highest BCUT2D eigenvalue weighted by Crippen LogP contribution is 2.32. The molecule has 0 amide bonds. The van der Waals surface area contributed by atoms with Gasteiger partial charge in [0.15, 0.2) is 11.5 Å². The lowest BCUT2D eigenvalue weighted by molar-refractivity contribution is -0.145. The van der Waals surface area contributed by atoms with E-state index in [1.807, 2.05) is 20.8 Å². The Balaban J connectivity index is 3.20. The molecule has 10 heteroatoms. The predicted octanol–water partition coefficient (Wildman–Crippen LogP) is 5.03. The third-order valence-electron chi connectivity index (χ3n) is 6.56. The monoisotopic (exact) mass is 537 g/mol.